The number of carbonyl (C=O) groups excluding carboxylic acids is 1. The quantitative estimate of drug-likeness (QED) is 0.594. The maximum absolute atomic E-state index is 12.6. The van der Waals surface area contributed by atoms with Crippen LogP contribution in [0.3, 0.4) is 0 Å². The van der Waals surface area contributed by atoms with E-state index in [1.807, 2.05) is 43.3 Å². The summed E-state index contributed by atoms with van der Waals surface area (Å²) < 4.78 is 5.65. The topological polar surface area (TPSA) is 62.7 Å². The third-order valence-electron chi connectivity index (χ3n) is 4.86. The van der Waals surface area contributed by atoms with Crippen molar-refractivity contribution in [1.82, 2.24) is 5.32 Å². The highest BCUT2D eigenvalue weighted by molar-refractivity contribution is 6.09. The highest BCUT2D eigenvalue weighted by Gasteiger charge is 2.16. The molecule has 1 atom stereocenters. The molecule has 1 aliphatic rings. The number of nitrogens with one attached hydrogen (secondary N) is 2. The van der Waals surface area contributed by atoms with Gasteiger partial charge in [-0.25, -0.2) is 4.99 Å². The fourth-order valence-electron chi connectivity index (χ4n) is 3.06. The minimum atomic E-state index is -0.183. The summed E-state index contributed by atoms with van der Waals surface area (Å²) in [5.74, 6) is 0.735. The van der Waals surface area contributed by atoms with E-state index in [1.54, 1.807) is 0 Å². The zero-order valence-electron chi connectivity index (χ0n) is 16.9. The molecule has 5 nitrogen and oxygen atoms in total. The van der Waals surface area contributed by atoms with Crippen molar-refractivity contribution < 1.29 is 9.53 Å². The Morgan fingerprint density at radius 1 is 1.14 bits per heavy atom. The average molecular weight is 380 g/mol. The summed E-state index contributed by atoms with van der Waals surface area (Å²) in [6, 6.07) is 15.7. The summed E-state index contributed by atoms with van der Waals surface area (Å²) in [5.41, 5.74) is 3.88. The molecule has 148 valence electrons. The molecule has 0 bridgehead atoms. The van der Waals surface area contributed by atoms with Crippen LogP contribution in [0.5, 0.6) is 0 Å². The van der Waals surface area contributed by atoms with Gasteiger partial charge in [0.25, 0.3) is 5.91 Å². The number of benzene rings is 2. The molecule has 3 rings (SSSR count). The second kappa shape index (κ2) is 9.51. The molecule has 28 heavy (non-hydrogen) atoms. The van der Waals surface area contributed by atoms with E-state index >= 15 is 0 Å². The van der Waals surface area contributed by atoms with Gasteiger partial charge < -0.3 is 10.1 Å². The Morgan fingerprint density at radius 3 is 2.46 bits per heavy atom. The van der Waals surface area contributed by atoms with Crippen LogP contribution in [0.4, 0.5) is 5.69 Å². The molecular weight excluding hydrogens is 350 g/mol. The van der Waals surface area contributed by atoms with Crippen LogP contribution in [-0.4, -0.2) is 31.1 Å². The molecule has 1 heterocycles. The molecule has 2 aromatic rings. The van der Waals surface area contributed by atoms with Gasteiger partial charge in [0, 0.05) is 17.9 Å². The van der Waals surface area contributed by atoms with Crippen molar-refractivity contribution in [3.8, 4) is 0 Å². The molecule has 0 spiro atoms. The second-order valence-electron chi connectivity index (χ2n) is 7.55. The minimum Gasteiger partial charge on any atom is -0.376 e. The molecule has 1 fully saturated rings. The van der Waals surface area contributed by atoms with E-state index in [2.05, 4.69) is 41.6 Å². The van der Waals surface area contributed by atoms with Crippen molar-refractivity contribution in [1.29, 1.82) is 0 Å². The molecule has 0 aliphatic carbocycles. The zero-order chi connectivity index (χ0) is 19.9. The number of carbonyl (C=O) groups is 1. The van der Waals surface area contributed by atoms with E-state index in [4.69, 9.17) is 4.74 Å². The lowest BCUT2D eigenvalue weighted by Crippen LogP contribution is -2.36. The maximum atomic E-state index is 12.6. The molecule has 1 amide bonds. The minimum absolute atomic E-state index is 0.122. The molecule has 1 aliphatic heterocycles. The lowest BCUT2D eigenvalue weighted by Gasteiger charge is -2.14. The standard InChI is InChI=1S/C23H29N3O2/c1-16(2)18-10-12-20(13-11-18)25-23(24-15-21-5-4-14-28-21)26-22(27)19-8-6-17(3)7-9-19/h6-13,16,21H,4-5,14-15H2,1-3H3,(H2,24,25,26,27). The van der Waals surface area contributed by atoms with Crippen LogP contribution in [0.2, 0.25) is 0 Å². The molecular formula is C23H29N3O2. The summed E-state index contributed by atoms with van der Waals surface area (Å²) in [4.78, 5) is 17.2. The first-order valence-corrected chi connectivity index (χ1v) is 9.92. The fourth-order valence-corrected chi connectivity index (χ4v) is 3.06. The first kappa shape index (κ1) is 20.1. The monoisotopic (exact) mass is 379 g/mol. The van der Waals surface area contributed by atoms with Crippen LogP contribution in [-0.2, 0) is 4.74 Å². The highest BCUT2D eigenvalue weighted by atomic mass is 16.5. The number of ether oxygens (including phenoxy) is 1. The van der Waals surface area contributed by atoms with Gasteiger partial charge in [-0.1, -0.05) is 43.7 Å². The zero-order valence-corrected chi connectivity index (χ0v) is 16.9. The van der Waals surface area contributed by atoms with Gasteiger partial charge in [0.1, 0.15) is 0 Å². The van der Waals surface area contributed by atoms with Crippen molar-refractivity contribution in [3.05, 3.63) is 65.2 Å². The van der Waals surface area contributed by atoms with Crippen molar-refractivity contribution in [3.63, 3.8) is 0 Å². The van der Waals surface area contributed by atoms with Crippen molar-refractivity contribution >= 4 is 17.6 Å². The summed E-state index contributed by atoms with van der Waals surface area (Å²) in [6.07, 6.45) is 2.19. The van der Waals surface area contributed by atoms with Crippen LogP contribution in [0.1, 0.15) is 54.1 Å². The van der Waals surface area contributed by atoms with E-state index in [0.29, 0.717) is 24.0 Å². The predicted molar refractivity (Wildman–Crippen MR) is 114 cm³/mol. The summed E-state index contributed by atoms with van der Waals surface area (Å²) in [6.45, 7) is 7.64. The van der Waals surface area contributed by atoms with Gasteiger partial charge in [-0.05, 0) is 55.5 Å². The molecule has 0 saturated carbocycles. The Kier molecular flexibility index (Phi) is 6.82. The summed E-state index contributed by atoms with van der Waals surface area (Å²) in [5, 5.41) is 6.15. The van der Waals surface area contributed by atoms with Gasteiger partial charge in [0.15, 0.2) is 0 Å². The number of aliphatic imine (C=N–C) groups is 1. The van der Waals surface area contributed by atoms with E-state index in [0.717, 1.165) is 30.7 Å². The number of hydrogen-bond donors (Lipinski definition) is 2. The smallest absolute Gasteiger partial charge is 0.257 e. The van der Waals surface area contributed by atoms with Gasteiger partial charge in [-0.15, -0.1) is 0 Å². The van der Waals surface area contributed by atoms with Gasteiger partial charge in [0.2, 0.25) is 5.96 Å². The molecule has 5 heteroatoms. The largest absolute Gasteiger partial charge is 0.376 e. The first-order valence-electron chi connectivity index (χ1n) is 9.92. The van der Waals surface area contributed by atoms with Crippen LogP contribution < -0.4 is 10.6 Å². The maximum Gasteiger partial charge on any atom is 0.257 e. The van der Waals surface area contributed by atoms with Crippen molar-refractivity contribution in [2.75, 3.05) is 18.5 Å². The van der Waals surface area contributed by atoms with Crippen LogP contribution >= 0.6 is 0 Å². The normalized spacial score (nSPS) is 17.0. The number of anilines is 1. The average Bonchev–Trinajstić information content (AvgIpc) is 3.20. The molecule has 1 saturated heterocycles. The summed E-state index contributed by atoms with van der Waals surface area (Å²) in [7, 11) is 0. The van der Waals surface area contributed by atoms with E-state index in [1.165, 1.54) is 5.56 Å². The third-order valence-corrected chi connectivity index (χ3v) is 4.86. The number of hydrogen-bond acceptors (Lipinski definition) is 3. The molecule has 2 aromatic carbocycles. The second-order valence-corrected chi connectivity index (χ2v) is 7.55. The molecule has 1 unspecified atom stereocenters. The summed E-state index contributed by atoms with van der Waals surface area (Å²) >= 11 is 0. The molecule has 0 aromatic heterocycles. The van der Waals surface area contributed by atoms with Crippen LogP contribution in [0, 0.1) is 6.92 Å². The first-order chi connectivity index (χ1) is 13.5. The number of guanidine groups is 1. The van der Waals surface area contributed by atoms with E-state index < -0.39 is 0 Å². The number of amides is 1. The lowest BCUT2D eigenvalue weighted by atomic mass is 10.0. The highest BCUT2D eigenvalue weighted by Crippen LogP contribution is 2.17. The van der Waals surface area contributed by atoms with Gasteiger partial charge in [0.05, 0.1) is 12.6 Å². The van der Waals surface area contributed by atoms with Crippen molar-refractivity contribution in [2.24, 2.45) is 4.99 Å². The van der Waals surface area contributed by atoms with Crippen LogP contribution in [0.15, 0.2) is 53.5 Å². The Labute approximate surface area is 167 Å². The third kappa shape index (κ3) is 5.67. The van der Waals surface area contributed by atoms with Gasteiger partial charge in [-0.2, -0.15) is 0 Å². The number of aryl methyl sites for hydroxylation is 1. The van der Waals surface area contributed by atoms with Crippen molar-refractivity contribution in [2.45, 2.75) is 45.6 Å². The van der Waals surface area contributed by atoms with E-state index in [-0.39, 0.29) is 12.0 Å². The molecule has 2 N–H and O–H groups in total. The Balaban J connectivity index is 1.72. The fraction of sp³-hybridized carbons (Fsp3) is 0.391. The predicted octanol–water partition coefficient (Wildman–Crippen LogP) is 4.50. The van der Waals surface area contributed by atoms with Gasteiger partial charge >= 0.3 is 0 Å². The Morgan fingerprint density at radius 2 is 1.86 bits per heavy atom. The number of rotatable bonds is 5. The number of nitrogens with zero attached hydrogens (tertiary/aromatic N) is 1. The van der Waals surface area contributed by atoms with Gasteiger partial charge in [-0.3, -0.25) is 10.1 Å². The van der Waals surface area contributed by atoms with Crippen LogP contribution in [0.25, 0.3) is 0 Å². The lowest BCUT2D eigenvalue weighted by molar-refractivity contribution is 0.0975. The van der Waals surface area contributed by atoms with E-state index in [9.17, 15) is 4.79 Å². The Bertz CT molecular complexity index is 805. The molecule has 0 radical (unpaired) electrons. The SMILES string of the molecule is Cc1ccc(C(=O)NC(=NCC2CCCO2)Nc2ccc(C(C)C)cc2)cc1. The Hall–Kier alpha value is -2.66.